The standard InChI is InChI=1S/C21H28N4O4/c1-15-13-22-20(29-21(2,3)4)19(23-15)24-11-9-16(10-12-24)14-28-18-8-6-5-7-17(18)25(26)27/h5-8,13,16H,9-12,14H2,1-4H3. The molecule has 0 unspecified atom stereocenters. The van der Waals surface area contributed by atoms with Crippen LogP contribution in [0.4, 0.5) is 11.5 Å². The molecule has 3 rings (SSSR count). The summed E-state index contributed by atoms with van der Waals surface area (Å²) in [4.78, 5) is 22.0. The maximum Gasteiger partial charge on any atom is 0.310 e. The number of piperidine rings is 1. The molecule has 8 nitrogen and oxygen atoms in total. The molecule has 0 aliphatic carbocycles. The summed E-state index contributed by atoms with van der Waals surface area (Å²) >= 11 is 0. The molecule has 1 aromatic heterocycles. The van der Waals surface area contributed by atoms with Crippen LogP contribution in [-0.4, -0.2) is 40.2 Å². The van der Waals surface area contributed by atoms with E-state index >= 15 is 0 Å². The number of nitro benzene ring substituents is 1. The van der Waals surface area contributed by atoms with Crippen molar-refractivity contribution in [3.8, 4) is 11.6 Å². The highest BCUT2D eigenvalue weighted by Crippen LogP contribution is 2.32. The van der Waals surface area contributed by atoms with Gasteiger partial charge in [0.2, 0.25) is 0 Å². The topological polar surface area (TPSA) is 90.6 Å². The molecule has 8 heteroatoms. The van der Waals surface area contributed by atoms with Crippen LogP contribution in [0.3, 0.4) is 0 Å². The van der Waals surface area contributed by atoms with Gasteiger partial charge in [0.25, 0.3) is 5.88 Å². The predicted molar refractivity (Wildman–Crippen MR) is 111 cm³/mol. The summed E-state index contributed by atoms with van der Waals surface area (Å²) in [5.74, 6) is 1.98. The van der Waals surface area contributed by atoms with Gasteiger partial charge in [-0.25, -0.2) is 9.97 Å². The van der Waals surface area contributed by atoms with Gasteiger partial charge in [0, 0.05) is 19.2 Å². The molecule has 29 heavy (non-hydrogen) atoms. The molecule has 156 valence electrons. The number of anilines is 1. The third-order valence-corrected chi connectivity index (χ3v) is 4.70. The van der Waals surface area contributed by atoms with Crippen molar-refractivity contribution in [2.24, 2.45) is 5.92 Å². The minimum absolute atomic E-state index is 0.00365. The molecule has 1 aliphatic rings. The van der Waals surface area contributed by atoms with Gasteiger partial charge in [-0.2, -0.15) is 0 Å². The van der Waals surface area contributed by atoms with Crippen molar-refractivity contribution in [1.82, 2.24) is 9.97 Å². The normalized spacial score (nSPS) is 15.2. The van der Waals surface area contributed by atoms with Gasteiger partial charge in [-0.1, -0.05) is 12.1 Å². The number of ether oxygens (including phenoxy) is 2. The molecule has 1 saturated heterocycles. The molecule has 0 spiro atoms. The third kappa shape index (κ3) is 5.56. The fourth-order valence-corrected chi connectivity index (χ4v) is 3.27. The highest BCUT2D eigenvalue weighted by atomic mass is 16.6. The molecule has 0 atom stereocenters. The second kappa shape index (κ2) is 8.63. The molecule has 1 fully saturated rings. The lowest BCUT2D eigenvalue weighted by Crippen LogP contribution is -2.37. The molecular formula is C21H28N4O4. The van der Waals surface area contributed by atoms with Crippen molar-refractivity contribution in [3.05, 3.63) is 46.3 Å². The highest BCUT2D eigenvalue weighted by molar-refractivity contribution is 5.49. The number of rotatable bonds is 6. The molecule has 2 aromatic rings. The van der Waals surface area contributed by atoms with E-state index < -0.39 is 4.92 Å². The maximum absolute atomic E-state index is 11.1. The molecular weight excluding hydrogens is 372 g/mol. The molecule has 0 N–H and O–H groups in total. The van der Waals surface area contributed by atoms with E-state index in [1.54, 1.807) is 24.4 Å². The van der Waals surface area contributed by atoms with Crippen LogP contribution in [0.5, 0.6) is 11.6 Å². The van der Waals surface area contributed by atoms with Gasteiger partial charge in [-0.15, -0.1) is 0 Å². The number of hydrogen-bond acceptors (Lipinski definition) is 7. The highest BCUT2D eigenvalue weighted by Gasteiger charge is 2.26. The van der Waals surface area contributed by atoms with E-state index in [9.17, 15) is 10.1 Å². The molecule has 1 aromatic carbocycles. The van der Waals surface area contributed by atoms with Gasteiger partial charge in [0.15, 0.2) is 11.6 Å². The lowest BCUT2D eigenvalue weighted by Gasteiger charge is -2.34. The minimum Gasteiger partial charge on any atom is -0.487 e. The van der Waals surface area contributed by atoms with Crippen LogP contribution >= 0.6 is 0 Å². The van der Waals surface area contributed by atoms with Crippen LogP contribution < -0.4 is 14.4 Å². The zero-order valence-electron chi connectivity index (χ0n) is 17.4. The molecule has 0 bridgehead atoms. The van der Waals surface area contributed by atoms with Crippen molar-refractivity contribution in [2.75, 3.05) is 24.6 Å². The Bertz CT molecular complexity index is 858. The summed E-state index contributed by atoms with van der Waals surface area (Å²) in [6, 6.07) is 6.50. The van der Waals surface area contributed by atoms with Gasteiger partial charge in [0.05, 0.1) is 23.4 Å². The van der Waals surface area contributed by atoms with E-state index in [1.807, 2.05) is 27.7 Å². The Hall–Kier alpha value is -2.90. The summed E-state index contributed by atoms with van der Waals surface area (Å²) in [5, 5.41) is 11.1. The first-order valence-electron chi connectivity index (χ1n) is 9.87. The Morgan fingerprint density at radius 2 is 1.93 bits per heavy atom. The zero-order chi connectivity index (χ0) is 21.0. The predicted octanol–water partition coefficient (Wildman–Crippen LogP) is 4.17. The summed E-state index contributed by atoms with van der Waals surface area (Å²) < 4.78 is 11.8. The van der Waals surface area contributed by atoms with Gasteiger partial charge in [-0.05, 0) is 52.5 Å². The van der Waals surface area contributed by atoms with Crippen LogP contribution in [0, 0.1) is 23.0 Å². The van der Waals surface area contributed by atoms with Gasteiger partial charge < -0.3 is 14.4 Å². The van der Waals surface area contributed by atoms with Crippen LogP contribution in [0.15, 0.2) is 30.5 Å². The maximum atomic E-state index is 11.1. The zero-order valence-corrected chi connectivity index (χ0v) is 17.4. The molecule has 1 aliphatic heterocycles. The van der Waals surface area contributed by atoms with Crippen molar-refractivity contribution in [3.63, 3.8) is 0 Å². The Kier molecular flexibility index (Phi) is 6.20. The van der Waals surface area contributed by atoms with Crippen molar-refractivity contribution in [1.29, 1.82) is 0 Å². The Balaban J connectivity index is 1.61. The second-order valence-electron chi connectivity index (χ2n) is 8.32. The average molecular weight is 400 g/mol. The number of aryl methyl sites for hydroxylation is 1. The molecule has 2 heterocycles. The SMILES string of the molecule is Cc1cnc(OC(C)(C)C)c(N2CCC(COc3ccccc3[N+](=O)[O-])CC2)n1. The minimum atomic E-state index is -0.412. The van der Waals surface area contributed by atoms with E-state index in [-0.39, 0.29) is 11.3 Å². The van der Waals surface area contributed by atoms with E-state index in [2.05, 4.69) is 14.9 Å². The van der Waals surface area contributed by atoms with Gasteiger partial charge >= 0.3 is 5.69 Å². The Morgan fingerprint density at radius 3 is 2.59 bits per heavy atom. The number of nitro groups is 1. The van der Waals surface area contributed by atoms with E-state index in [0.29, 0.717) is 24.2 Å². The first-order chi connectivity index (χ1) is 13.7. The number of hydrogen-bond donors (Lipinski definition) is 0. The van der Waals surface area contributed by atoms with E-state index in [0.717, 1.165) is 37.4 Å². The third-order valence-electron chi connectivity index (χ3n) is 4.70. The molecule has 0 radical (unpaired) electrons. The van der Waals surface area contributed by atoms with E-state index in [1.165, 1.54) is 6.07 Å². The smallest absolute Gasteiger partial charge is 0.310 e. The van der Waals surface area contributed by atoms with Crippen molar-refractivity contribution < 1.29 is 14.4 Å². The number of aromatic nitrogens is 2. The number of nitrogens with zero attached hydrogens (tertiary/aromatic N) is 4. The first kappa shape index (κ1) is 20.8. The summed E-state index contributed by atoms with van der Waals surface area (Å²) in [6.45, 7) is 9.97. The molecule has 0 saturated carbocycles. The van der Waals surface area contributed by atoms with Crippen LogP contribution in [0.2, 0.25) is 0 Å². The van der Waals surface area contributed by atoms with Crippen molar-refractivity contribution >= 4 is 11.5 Å². The van der Waals surface area contributed by atoms with Gasteiger partial charge in [-0.3, -0.25) is 10.1 Å². The monoisotopic (exact) mass is 400 g/mol. The molecule has 0 amide bonds. The largest absolute Gasteiger partial charge is 0.487 e. The van der Waals surface area contributed by atoms with Crippen LogP contribution in [0.25, 0.3) is 0 Å². The lowest BCUT2D eigenvalue weighted by molar-refractivity contribution is -0.385. The number of benzene rings is 1. The Labute approximate surface area is 171 Å². The summed E-state index contributed by atoms with van der Waals surface area (Å²) in [5.41, 5.74) is 0.502. The van der Waals surface area contributed by atoms with Gasteiger partial charge in [0.1, 0.15) is 5.60 Å². The quantitative estimate of drug-likeness (QED) is 0.531. The average Bonchev–Trinajstić information content (AvgIpc) is 2.67. The fourth-order valence-electron chi connectivity index (χ4n) is 3.27. The Morgan fingerprint density at radius 1 is 1.24 bits per heavy atom. The fraction of sp³-hybridized carbons (Fsp3) is 0.524. The summed E-state index contributed by atoms with van der Waals surface area (Å²) in [7, 11) is 0. The van der Waals surface area contributed by atoms with Crippen LogP contribution in [0.1, 0.15) is 39.3 Å². The first-order valence-corrected chi connectivity index (χ1v) is 9.87. The van der Waals surface area contributed by atoms with E-state index in [4.69, 9.17) is 9.47 Å². The lowest BCUT2D eigenvalue weighted by atomic mass is 9.98. The number of para-hydroxylation sites is 2. The second-order valence-corrected chi connectivity index (χ2v) is 8.32. The summed E-state index contributed by atoms with van der Waals surface area (Å²) in [6.07, 6.45) is 3.54. The van der Waals surface area contributed by atoms with Crippen molar-refractivity contribution in [2.45, 2.75) is 46.1 Å². The van der Waals surface area contributed by atoms with Crippen LogP contribution in [-0.2, 0) is 0 Å².